The second-order valence-electron chi connectivity index (χ2n) is 11.7. The molecule has 5 aromatic rings. The van der Waals surface area contributed by atoms with Gasteiger partial charge < -0.3 is 4.90 Å². The number of hydrogen-bond donors (Lipinski definition) is 0. The molecule has 1 aliphatic heterocycles. The van der Waals surface area contributed by atoms with E-state index in [4.69, 9.17) is 0 Å². The SMILES string of the molecule is O=C1c2ccccc2C(=O)C12[C@H](c1ccc(Br)cc1)N(c1ccccc1)C1(C(=O)c3ccccc3C1=O)[C@@H]2c1ccc(Br)cc1. The maximum Gasteiger partial charge on any atom is 0.197 e. The van der Waals surface area contributed by atoms with Gasteiger partial charge in [-0.15, -0.1) is 0 Å². The Labute approximate surface area is 276 Å². The molecule has 2 spiro atoms. The second kappa shape index (κ2) is 10.0. The van der Waals surface area contributed by atoms with Gasteiger partial charge >= 0.3 is 0 Å². The van der Waals surface area contributed by atoms with E-state index in [0.29, 0.717) is 27.9 Å². The van der Waals surface area contributed by atoms with Gasteiger partial charge in [-0.3, -0.25) is 19.2 Å². The standard InChI is InChI=1S/C38H23Br2NO4/c39-24-18-14-22(15-19-24)31-37(33(42)27-10-4-5-11-28(27)34(37)43)32(23-16-20-25(40)21-17-23)41(26-8-2-1-3-9-26)38(31)35(44)29-12-6-7-13-30(29)36(38)45/h1-21,31-32H/t31-,32+/m1/s1. The zero-order chi connectivity index (χ0) is 31.1. The van der Waals surface area contributed by atoms with Crippen molar-refractivity contribution in [1.82, 2.24) is 0 Å². The van der Waals surface area contributed by atoms with E-state index in [-0.39, 0.29) is 11.1 Å². The Kier molecular flexibility index (Phi) is 6.25. The van der Waals surface area contributed by atoms with Gasteiger partial charge in [0.05, 0.1) is 6.04 Å². The fourth-order valence-corrected chi connectivity index (χ4v) is 8.53. The summed E-state index contributed by atoms with van der Waals surface area (Å²) >= 11 is 7.05. The minimum atomic E-state index is -1.94. The molecular formula is C38H23Br2NO4. The summed E-state index contributed by atoms with van der Waals surface area (Å²) in [6.45, 7) is 0. The van der Waals surface area contributed by atoms with Crippen LogP contribution in [0, 0.1) is 5.41 Å². The van der Waals surface area contributed by atoms with E-state index in [1.807, 2.05) is 78.9 Å². The smallest absolute Gasteiger partial charge is 0.197 e. The quantitative estimate of drug-likeness (QED) is 0.175. The number of para-hydroxylation sites is 1. The first-order chi connectivity index (χ1) is 21.8. The first kappa shape index (κ1) is 28.0. The van der Waals surface area contributed by atoms with Crippen LogP contribution in [0.2, 0.25) is 0 Å². The lowest BCUT2D eigenvalue weighted by molar-refractivity contribution is 0.0619. The van der Waals surface area contributed by atoms with Crippen molar-refractivity contribution < 1.29 is 19.2 Å². The molecule has 45 heavy (non-hydrogen) atoms. The van der Waals surface area contributed by atoms with Crippen LogP contribution in [0.3, 0.4) is 0 Å². The van der Waals surface area contributed by atoms with Crippen LogP contribution in [0.5, 0.6) is 0 Å². The van der Waals surface area contributed by atoms with Crippen LogP contribution in [-0.4, -0.2) is 28.7 Å². The molecule has 5 nitrogen and oxygen atoms in total. The first-order valence-corrected chi connectivity index (χ1v) is 16.1. The summed E-state index contributed by atoms with van der Waals surface area (Å²) in [5.74, 6) is -2.78. The minimum absolute atomic E-state index is 0.285. The molecule has 0 saturated carbocycles. The number of halogens is 2. The zero-order valence-corrected chi connectivity index (χ0v) is 26.8. The molecule has 0 bridgehead atoms. The van der Waals surface area contributed by atoms with E-state index in [1.165, 1.54) is 0 Å². The van der Waals surface area contributed by atoms with Crippen molar-refractivity contribution in [1.29, 1.82) is 0 Å². The third-order valence-corrected chi connectivity index (χ3v) is 10.7. The monoisotopic (exact) mass is 715 g/mol. The van der Waals surface area contributed by atoms with Gasteiger partial charge in [0.25, 0.3) is 0 Å². The van der Waals surface area contributed by atoms with Gasteiger partial charge in [-0.1, -0.05) is 123 Å². The number of anilines is 1. The molecule has 218 valence electrons. The summed E-state index contributed by atoms with van der Waals surface area (Å²) in [4.78, 5) is 62.7. The van der Waals surface area contributed by atoms with Crippen molar-refractivity contribution in [3.63, 3.8) is 0 Å². The van der Waals surface area contributed by atoms with Gasteiger partial charge in [0.2, 0.25) is 0 Å². The second-order valence-corrected chi connectivity index (χ2v) is 13.5. The van der Waals surface area contributed by atoms with Crippen molar-refractivity contribution in [3.8, 4) is 0 Å². The van der Waals surface area contributed by atoms with Crippen molar-refractivity contribution in [2.45, 2.75) is 17.5 Å². The Morgan fingerprint density at radius 3 is 1.33 bits per heavy atom. The van der Waals surface area contributed by atoms with Crippen molar-refractivity contribution in [3.05, 3.63) is 170 Å². The predicted molar refractivity (Wildman–Crippen MR) is 178 cm³/mol. The Morgan fingerprint density at radius 1 is 0.467 bits per heavy atom. The lowest BCUT2D eigenvalue weighted by Gasteiger charge is -2.40. The van der Waals surface area contributed by atoms with Crippen LogP contribution in [0.25, 0.3) is 0 Å². The summed E-state index contributed by atoms with van der Waals surface area (Å²) < 4.78 is 1.60. The molecule has 7 heteroatoms. The lowest BCUT2D eigenvalue weighted by atomic mass is 9.60. The largest absolute Gasteiger partial charge is 0.343 e. The number of benzene rings is 5. The number of nitrogens with zero attached hydrogens (tertiary/aromatic N) is 1. The Balaban J connectivity index is 1.58. The molecule has 0 amide bonds. The van der Waals surface area contributed by atoms with E-state index < -0.39 is 46.0 Å². The molecule has 1 fully saturated rings. The Hall–Kier alpha value is -4.46. The summed E-state index contributed by atoms with van der Waals surface area (Å²) in [5.41, 5.74) is -0.858. The number of hydrogen-bond acceptors (Lipinski definition) is 5. The normalized spacial score (nSPS) is 20.7. The number of fused-ring (bicyclic) bond motifs is 2. The fourth-order valence-electron chi connectivity index (χ4n) is 8.00. The number of ketones is 4. The van der Waals surface area contributed by atoms with E-state index in [0.717, 1.165) is 8.95 Å². The van der Waals surface area contributed by atoms with Crippen LogP contribution in [0.15, 0.2) is 136 Å². The molecule has 0 unspecified atom stereocenters. The zero-order valence-electron chi connectivity index (χ0n) is 23.6. The van der Waals surface area contributed by atoms with Gasteiger partial charge in [0, 0.05) is 42.8 Å². The number of carbonyl (C=O) groups excluding carboxylic acids is 4. The highest BCUT2D eigenvalue weighted by molar-refractivity contribution is 9.10. The summed E-state index contributed by atoms with van der Waals surface area (Å²) in [7, 11) is 0. The summed E-state index contributed by atoms with van der Waals surface area (Å²) in [6.07, 6.45) is 0. The Bertz CT molecular complexity index is 2000. The summed E-state index contributed by atoms with van der Waals surface area (Å²) in [6, 6.07) is 36.6. The molecule has 3 aliphatic rings. The van der Waals surface area contributed by atoms with Crippen molar-refractivity contribution in [2.75, 3.05) is 4.90 Å². The minimum Gasteiger partial charge on any atom is -0.343 e. The van der Waals surface area contributed by atoms with E-state index >= 15 is 19.2 Å². The number of carbonyl (C=O) groups is 4. The third kappa shape index (κ3) is 3.54. The van der Waals surface area contributed by atoms with Crippen LogP contribution >= 0.6 is 31.9 Å². The van der Waals surface area contributed by atoms with Crippen LogP contribution in [0.1, 0.15) is 64.5 Å². The molecule has 8 rings (SSSR count). The lowest BCUT2D eigenvalue weighted by Crippen LogP contribution is -2.57. The molecular weight excluding hydrogens is 694 g/mol. The van der Waals surface area contributed by atoms with Crippen LogP contribution in [0.4, 0.5) is 5.69 Å². The number of rotatable bonds is 3. The molecule has 0 N–H and O–H groups in total. The predicted octanol–water partition coefficient (Wildman–Crippen LogP) is 8.44. The average Bonchev–Trinajstić information content (AvgIpc) is 3.57. The van der Waals surface area contributed by atoms with E-state index in [1.54, 1.807) is 53.4 Å². The molecule has 5 aromatic carbocycles. The van der Waals surface area contributed by atoms with E-state index in [9.17, 15) is 0 Å². The van der Waals surface area contributed by atoms with Gasteiger partial charge in [-0.25, -0.2) is 0 Å². The molecule has 0 radical (unpaired) electrons. The molecule has 1 heterocycles. The molecule has 0 aromatic heterocycles. The maximum absolute atomic E-state index is 15.2. The van der Waals surface area contributed by atoms with Crippen molar-refractivity contribution in [2.24, 2.45) is 5.41 Å². The highest BCUT2D eigenvalue weighted by atomic mass is 79.9. The topological polar surface area (TPSA) is 71.5 Å². The Morgan fingerprint density at radius 2 is 0.867 bits per heavy atom. The average molecular weight is 717 g/mol. The first-order valence-electron chi connectivity index (χ1n) is 14.6. The van der Waals surface area contributed by atoms with Gasteiger partial charge in [-0.2, -0.15) is 0 Å². The molecule has 1 saturated heterocycles. The van der Waals surface area contributed by atoms with Crippen LogP contribution in [-0.2, 0) is 0 Å². The highest BCUT2D eigenvalue weighted by Gasteiger charge is 2.80. The van der Waals surface area contributed by atoms with Gasteiger partial charge in [-0.05, 0) is 47.5 Å². The van der Waals surface area contributed by atoms with Gasteiger partial charge in [0.1, 0.15) is 5.41 Å². The molecule has 2 atom stereocenters. The molecule has 2 aliphatic carbocycles. The maximum atomic E-state index is 15.2. The number of Topliss-reactive ketones (excluding diaryl/α,β-unsaturated/α-hetero) is 4. The van der Waals surface area contributed by atoms with Crippen molar-refractivity contribution >= 4 is 60.7 Å². The van der Waals surface area contributed by atoms with Crippen LogP contribution < -0.4 is 4.90 Å². The van der Waals surface area contributed by atoms with E-state index in [2.05, 4.69) is 31.9 Å². The fraction of sp³-hybridized carbons (Fsp3) is 0.105. The summed E-state index contributed by atoms with van der Waals surface area (Å²) in [5, 5.41) is 0. The van der Waals surface area contributed by atoms with Gasteiger partial charge in [0.15, 0.2) is 28.7 Å². The third-order valence-electron chi connectivity index (χ3n) is 9.64. The highest BCUT2D eigenvalue weighted by Crippen LogP contribution is 2.69.